The predicted molar refractivity (Wildman–Crippen MR) is 97.0 cm³/mol. The Bertz CT molecular complexity index is 649. The van der Waals surface area contributed by atoms with Crippen LogP contribution < -0.4 is 0 Å². The molecule has 0 N–H and O–H groups in total. The number of allylic oxidation sites excluding steroid dienone is 3. The molecule has 0 spiro atoms. The topological polar surface area (TPSA) is 32.8 Å². The Morgan fingerprint density at radius 3 is 2.13 bits per heavy atom. The summed E-state index contributed by atoms with van der Waals surface area (Å²) < 4.78 is 22.5. The van der Waals surface area contributed by atoms with E-state index in [0.717, 1.165) is 17.6 Å². The van der Waals surface area contributed by atoms with E-state index in [-0.39, 0.29) is 5.41 Å². The standard InChI is InChI=1S/C18H27N2O2P/c1-18(2)13-12-17(22-23(21,19(3)4)20(5)6)16(14-18)15-10-8-7-9-11-15/h7-12,14H,13H2,1-6H3. The minimum Gasteiger partial charge on any atom is -0.421 e. The highest BCUT2D eigenvalue weighted by Gasteiger charge is 2.34. The molecule has 0 fully saturated rings. The van der Waals surface area contributed by atoms with Crippen molar-refractivity contribution in [2.45, 2.75) is 20.3 Å². The zero-order chi connectivity index (χ0) is 17.3. The first-order chi connectivity index (χ1) is 10.7. The molecular formula is C18H27N2O2P. The first-order valence-electron chi connectivity index (χ1n) is 7.80. The van der Waals surface area contributed by atoms with Crippen LogP contribution in [0.1, 0.15) is 25.8 Å². The highest BCUT2D eigenvalue weighted by molar-refractivity contribution is 7.54. The smallest absolute Gasteiger partial charge is 0.394 e. The average Bonchev–Trinajstić information content (AvgIpc) is 2.49. The summed E-state index contributed by atoms with van der Waals surface area (Å²) in [6.07, 6.45) is 5.13. The summed E-state index contributed by atoms with van der Waals surface area (Å²) in [5.41, 5.74) is 2.14. The van der Waals surface area contributed by atoms with Gasteiger partial charge in [0.15, 0.2) is 0 Å². The number of benzene rings is 1. The Morgan fingerprint density at radius 1 is 1.04 bits per heavy atom. The Balaban J connectivity index is 2.43. The molecule has 0 heterocycles. The summed E-state index contributed by atoms with van der Waals surface area (Å²) in [7, 11) is 4.04. The van der Waals surface area contributed by atoms with Crippen LogP contribution in [0.3, 0.4) is 0 Å². The lowest BCUT2D eigenvalue weighted by molar-refractivity contribution is 0.308. The largest absolute Gasteiger partial charge is 0.421 e. The first kappa shape index (κ1) is 18.0. The second-order valence-electron chi connectivity index (χ2n) is 6.96. The predicted octanol–water partition coefficient (Wildman–Crippen LogP) is 4.63. The van der Waals surface area contributed by atoms with Crippen molar-refractivity contribution in [3.05, 3.63) is 53.8 Å². The normalized spacial score (nSPS) is 17.9. The van der Waals surface area contributed by atoms with Crippen molar-refractivity contribution in [3.63, 3.8) is 0 Å². The van der Waals surface area contributed by atoms with Crippen LogP contribution in [-0.2, 0) is 9.09 Å². The molecule has 0 unspecified atom stereocenters. The van der Waals surface area contributed by atoms with Gasteiger partial charge < -0.3 is 4.52 Å². The second kappa shape index (κ2) is 6.64. The van der Waals surface area contributed by atoms with E-state index in [1.807, 2.05) is 18.2 Å². The molecule has 5 heteroatoms. The Morgan fingerprint density at radius 2 is 1.61 bits per heavy atom. The van der Waals surface area contributed by atoms with E-state index in [1.165, 1.54) is 0 Å². The number of hydrogen-bond acceptors (Lipinski definition) is 2. The van der Waals surface area contributed by atoms with E-state index in [2.05, 4.69) is 38.1 Å². The van der Waals surface area contributed by atoms with Gasteiger partial charge in [-0.2, -0.15) is 0 Å². The molecule has 0 saturated heterocycles. The monoisotopic (exact) mass is 334 g/mol. The Hall–Kier alpha value is -1.35. The molecule has 1 aromatic carbocycles. The number of hydrogen-bond donors (Lipinski definition) is 0. The molecule has 0 aromatic heterocycles. The van der Waals surface area contributed by atoms with Gasteiger partial charge in [-0.15, -0.1) is 0 Å². The van der Waals surface area contributed by atoms with Gasteiger partial charge in [-0.1, -0.05) is 50.3 Å². The van der Waals surface area contributed by atoms with Crippen LogP contribution >= 0.6 is 7.67 Å². The molecule has 2 rings (SSSR count). The van der Waals surface area contributed by atoms with Crippen LogP contribution in [0, 0.1) is 5.41 Å². The summed E-state index contributed by atoms with van der Waals surface area (Å²) >= 11 is 0. The van der Waals surface area contributed by atoms with E-state index >= 15 is 0 Å². The van der Waals surface area contributed by atoms with Crippen molar-refractivity contribution < 1.29 is 9.09 Å². The average molecular weight is 334 g/mol. The quantitative estimate of drug-likeness (QED) is 0.735. The molecule has 0 bridgehead atoms. The van der Waals surface area contributed by atoms with E-state index in [4.69, 9.17) is 4.52 Å². The van der Waals surface area contributed by atoms with E-state index in [1.54, 1.807) is 37.5 Å². The molecule has 0 radical (unpaired) electrons. The molecule has 1 aliphatic carbocycles. The molecule has 0 amide bonds. The van der Waals surface area contributed by atoms with Gasteiger partial charge in [-0.3, -0.25) is 0 Å². The maximum atomic E-state index is 13.2. The van der Waals surface area contributed by atoms with Crippen LogP contribution in [0.15, 0.2) is 48.2 Å². The van der Waals surface area contributed by atoms with Gasteiger partial charge in [-0.25, -0.2) is 13.9 Å². The van der Waals surface area contributed by atoms with Crippen LogP contribution in [0.4, 0.5) is 0 Å². The van der Waals surface area contributed by atoms with Gasteiger partial charge in [0.1, 0.15) is 5.76 Å². The van der Waals surface area contributed by atoms with Crippen molar-refractivity contribution in [2.24, 2.45) is 5.41 Å². The zero-order valence-electron chi connectivity index (χ0n) is 14.9. The summed E-state index contributed by atoms with van der Waals surface area (Å²) in [6, 6.07) is 10.1. The van der Waals surface area contributed by atoms with E-state index < -0.39 is 7.67 Å². The highest BCUT2D eigenvalue weighted by Crippen LogP contribution is 2.55. The van der Waals surface area contributed by atoms with Gasteiger partial charge in [0.2, 0.25) is 0 Å². The number of nitrogens with zero attached hydrogens (tertiary/aromatic N) is 2. The van der Waals surface area contributed by atoms with Crippen molar-refractivity contribution in [3.8, 4) is 0 Å². The van der Waals surface area contributed by atoms with Crippen LogP contribution in [0.25, 0.3) is 5.57 Å². The third-order valence-electron chi connectivity index (χ3n) is 3.93. The SMILES string of the molecule is CN(C)P(=O)(OC1=CCC(C)(C)C=C1c1ccccc1)N(C)C. The Labute approximate surface area is 140 Å². The maximum absolute atomic E-state index is 13.2. The van der Waals surface area contributed by atoms with E-state index in [0.29, 0.717) is 5.76 Å². The molecule has 0 saturated carbocycles. The summed E-state index contributed by atoms with van der Waals surface area (Å²) in [4.78, 5) is 0. The molecule has 0 atom stereocenters. The van der Waals surface area contributed by atoms with Crippen LogP contribution in [0.5, 0.6) is 0 Å². The van der Waals surface area contributed by atoms with E-state index in [9.17, 15) is 4.57 Å². The molecule has 0 aliphatic heterocycles. The van der Waals surface area contributed by atoms with Gasteiger partial charge in [0, 0.05) is 5.57 Å². The lowest BCUT2D eigenvalue weighted by Crippen LogP contribution is -2.23. The van der Waals surface area contributed by atoms with Gasteiger partial charge in [0.25, 0.3) is 0 Å². The lowest BCUT2D eigenvalue weighted by atomic mass is 9.81. The van der Waals surface area contributed by atoms with Crippen molar-refractivity contribution >= 4 is 13.2 Å². The summed E-state index contributed by atoms with van der Waals surface area (Å²) in [5.74, 6) is 0.696. The van der Waals surface area contributed by atoms with Gasteiger partial charge in [-0.05, 0) is 51.7 Å². The summed E-state index contributed by atoms with van der Waals surface area (Å²) in [6.45, 7) is 4.39. The molecule has 1 aromatic rings. The van der Waals surface area contributed by atoms with Crippen molar-refractivity contribution in [1.29, 1.82) is 0 Å². The zero-order valence-corrected chi connectivity index (χ0v) is 15.8. The second-order valence-corrected chi connectivity index (χ2v) is 9.73. The minimum absolute atomic E-state index is 0.0538. The molecule has 23 heavy (non-hydrogen) atoms. The molecular weight excluding hydrogens is 307 g/mol. The third-order valence-corrected chi connectivity index (χ3v) is 6.38. The maximum Gasteiger partial charge on any atom is 0.394 e. The van der Waals surface area contributed by atoms with Crippen molar-refractivity contribution in [1.82, 2.24) is 9.34 Å². The summed E-state index contributed by atoms with van der Waals surface area (Å²) in [5, 5.41) is 0. The lowest BCUT2D eigenvalue weighted by Gasteiger charge is -2.34. The molecule has 4 nitrogen and oxygen atoms in total. The highest BCUT2D eigenvalue weighted by atomic mass is 31.2. The fraction of sp³-hybridized carbons (Fsp3) is 0.444. The van der Waals surface area contributed by atoms with Crippen LogP contribution in [0.2, 0.25) is 0 Å². The number of rotatable bonds is 5. The fourth-order valence-corrected chi connectivity index (χ4v) is 4.04. The minimum atomic E-state index is -3.07. The van der Waals surface area contributed by atoms with Gasteiger partial charge in [0.05, 0.1) is 0 Å². The van der Waals surface area contributed by atoms with Gasteiger partial charge >= 0.3 is 7.67 Å². The first-order valence-corrected chi connectivity index (χ1v) is 9.33. The van der Waals surface area contributed by atoms with Crippen molar-refractivity contribution in [2.75, 3.05) is 28.2 Å². The van der Waals surface area contributed by atoms with Crippen LogP contribution in [-0.4, -0.2) is 37.5 Å². The Kier molecular flexibility index (Phi) is 5.20. The molecule has 126 valence electrons. The molecule has 1 aliphatic rings. The third kappa shape index (κ3) is 3.95. The fourth-order valence-electron chi connectivity index (χ4n) is 2.57.